The molecule has 36 heavy (non-hydrogen) atoms. The lowest BCUT2D eigenvalue weighted by atomic mass is 9.97. The normalized spacial score (nSPS) is 14.1. The van der Waals surface area contributed by atoms with Crippen LogP contribution in [0.4, 0.5) is 5.69 Å². The number of rotatable bonds is 6. The monoisotopic (exact) mass is 480 g/mol. The van der Waals surface area contributed by atoms with Crippen molar-refractivity contribution in [2.75, 3.05) is 14.1 Å². The van der Waals surface area contributed by atoms with E-state index in [0.717, 1.165) is 5.69 Å². The van der Waals surface area contributed by atoms with Crippen molar-refractivity contribution in [3.05, 3.63) is 105 Å². The SMILES string of the molecule is CN(C)/C=C/c1cc(-c2nc3ccccc3c(=O)n2-c2ccc(C3CCCC3)cc2)ccc1[N+](=O)[O-]. The van der Waals surface area contributed by atoms with Crippen LogP contribution < -0.4 is 5.56 Å². The van der Waals surface area contributed by atoms with Gasteiger partial charge in [-0.25, -0.2) is 4.98 Å². The van der Waals surface area contributed by atoms with E-state index < -0.39 is 4.92 Å². The van der Waals surface area contributed by atoms with Crippen molar-refractivity contribution in [3.8, 4) is 17.1 Å². The molecule has 3 aromatic carbocycles. The van der Waals surface area contributed by atoms with Crippen molar-refractivity contribution in [1.29, 1.82) is 0 Å². The first kappa shape index (κ1) is 23.5. The van der Waals surface area contributed by atoms with E-state index in [1.807, 2.05) is 49.3 Å². The highest BCUT2D eigenvalue weighted by Crippen LogP contribution is 2.35. The van der Waals surface area contributed by atoms with Crippen molar-refractivity contribution in [2.24, 2.45) is 0 Å². The number of nitro benzene ring substituents is 1. The van der Waals surface area contributed by atoms with E-state index >= 15 is 0 Å². The number of fused-ring (bicyclic) bond motifs is 1. The van der Waals surface area contributed by atoms with E-state index in [0.29, 0.717) is 33.8 Å². The number of hydrogen-bond donors (Lipinski definition) is 0. The van der Waals surface area contributed by atoms with Crippen molar-refractivity contribution in [1.82, 2.24) is 14.5 Å². The van der Waals surface area contributed by atoms with Crippen LogP contribution in [-0.2, 0) is 0 Å². The Morgan fingerprint density at radius 2 is 1.75 bits per heavy atom. The largest absolute Gasteiger partial charge is 0.383 e. The van der Waals surface area contributed by atoms with Gasteiger partial charge in [0.2, 0.25) is 0 Å². The molecule has 4 aromatic rings. The molecule has 1 heterocycles. The van der Waals surface area contributed by atoms with Crippen molar-refractivity contribution in [2.45, 2.75) is 31.6 Å². The molecule has 0 spiro atoms. The molecule has 0 radical (unpaired) electrons. The van der Waals surface area contributed by atoms with Crippen molar-refractivity contribution in [3.63, 3.8) is 0 Å². The summed E-state index contributed by atoms with van der Waals surface area (Å²) in [4.78, 5) is 31.7. The molecule has 0 atom stereocenters. The maximum absolute atomic E-state index is 13.7. The average Bonchev–Trinajstić information content (AvgIpc) is 3.42. The van der Waals surface area contributed by atoms with E-state index in [2.05, 4.69) is 12.1 Å². The van der Waals surface area contributed by atoms with Gasteiger partial charge in [-0.05, 0) is 73.0 Å². The lowest BCUT2D eigenvalue weighted by Gasteiger charge is -2.16. The number of nitrogens with zero attached hydrogens (tertiary/aromatic N) is 4. The minimum absolute atomic E-state index is 0.00699. The Labute approximate surface area is 209 Å². The molecule has 7 heteroatoms. The van der Waals surface area contributed by atoms with Crippen LogP contribution in [0, 0.1) is 10.1 Å². The molecule has 5 rings (SSSR count). The predicted octanol–water partition coefficient (Wildman–Crippen LogP) is 6.15. The standard InChI is InChI=1S/C29H28N4O3/c1-31(2)18-17-22-19-23(13-16-27(22)33(35)36)28-30-26-10-6-5-9-25(26)29(34)32(28)24-14-11-21(12-15-24)20-7-3-4-8-20/h5-6,9-20H,3-4,7-8H2,1-2H3/b18-17+. The summed E-state index contributed by atoms with van der Waals surface area (Å²) in [5.74, 6) is 1.02. The second-order valence-corrected chi connectivity index (χ2v) is 9.48. The molecular formula is C29H28N4O3. The maximum Gasteiger partial charge on any atom is 0.276 e. The zero-order valence-corrected chi connectivity index (χ0v) is 20.4. The molecule has 0 aliphatic heterocycles. The lowest BCUT2D eigenvalue weighted by molar-refractivity contribution is -0.385. The Morgan fingerprint density at radius 3 is 2.44 bits per heavy atom. The topological polar surface area (TPSA) is 81.3 Å². The second-order valence-electron chi connectivity index (χ2n) is 9.48. The molecule has 0 amide bonds. The number of aromatic nitrogens is 2. The Balaban J connectivity index is 1.71. The van der Waals surface area contributed by atoms with Gasteiger partial charge < -0.3 is 4.90 Å². The Morgan fingerprint density at radius 1 is 1.03 bits per heavy atom. The van der Waals surface area contributed by atoms with Crippen LogP contribution in [0.2, 0.25) is 0 Å². The fraction of sp³-hybridized carbons (Fsp3) is 0.241. The van der Waals surface area contributed by atoms with Crippen LogP contribution in [0.5, 0.6) is 0 Å². The average molecular weight is 481 g/mol. The van der Waals surface area contributed by atoms with Gasteiger partial charge in [0.1, 0.15) is 5.82 Å². The van der Waals surface area contributed by atoms with Gasteiger partial charge in [0.15, 0.2) is 0 Å². The molecule has 1 aromatic heterocycles. The molecule has 1 saturated carbocycles. The molecule has 1 aliphatic carbocycles. The van der Waals surface area contributed by atoms with Gasteiger partial charge in [0, 0.05) is 25.7 Å². The van der Waals surface area contributed by atoms with E-state index in [1.54, 1.807) is 35.0 Å². The van der Waals surface area contributed by atoms with Crippen LogP contribution in [0.25, 0.3) is 34.1 Å². The van der Waals surface area contributed by atoms with Gasteiger partial charge >= 0.3 is 0 Å². The molecule has 1 fully saturated rings. The third-order valence-electron chi connectivity index (χ3n) is 6.79. The zero-order valence-electron chi connectivity index (χ0n) is 20.4. The van der Waals surface area contributed by atoms with Gasteiger partial charge in [0.05, 0.1) is 27.1 Å². The molecular weight excluding hydrogens is 452 g/mol. The van der Waals surface area contributed by atoms with E-state index in [1.165, 1.54) is 37.3 Å². The summed E-state index contributed by atoms with van der Waals surface area (Å²) in [5, 5.41) is 12.2. The van der Waals surface area contributed by atoms with E-state index in [-0.39, 0.29) is 11.2 Å². The lowest BCUT2D eigenvalue weighted by Crippen LogP contribution is -2.22. The summed E-state index contributed by atoms with van der Waals surface area (Å²) >= 11 is 0. The minimum Gasteiger partial charge on any atom is -0.383 e. The Kier molecular flexibility index (Phi) is 6.38. The summed E-state index contributed by atoms with van der Waals surface area (Å²) in [5.41, 5.74) is 3.49. The van der Waals surface area contributed by atoms with Gasteiger partial charge in [-0.2, -0.15) is 0 Å². The molecule has 7 nitrogen and oxygen atoms in total. The van der Waals surface area contributed by atoms with Crippen LogP contribution in [0.1, 0.15) is 42.7 Å². The number of para-hydroxylation sites is 1. The van der Waals surface area contributed by atoms with Crippen molar-refractivity contribution < 1.29 is 4.92 Å². The van der Waals surface area contributed by atoms with E-state index in [9.17, 15) is 14.9 Å². The van der Waals surface area contributed by atoms with E-state index in [4.69, 9.17) is 4.98 Å². The summed E-state index contributed by atoms with van der Waals surface area (Å²) in [6.45, 7) is 0. The highest BCUT2D eigenvalue weighted by atomic mass is 16.6. The fourth-order valence-corrected chi connectivity index (χ4v) is 4.94. The third kappa shape index (κ3) is 4.52. The second kappa shape index (κ2) is 9.77. The minimum atomic E-state index is -0.401. The molecule has 1 aliphatic rings. The molecule has 0 N–H and O–H groups in total. The third-order valence-corrected chi connectivity index (χ3v) is 6.79. The highest BCUT2D eigenvalue weighted by molar-refractivity contribution is 5.81. The first-order chi connectivity index (χ1) is 17.4. The number of hydrogen-bond acceptors (Lipinski definition) is 5. The number of benzene rings is 3. The van der Waals surface area contributed by atoms with Crippen LogP contribution in [0.3, 0.4) is 0 Å². The summed E-state index contributed by atoms with van der Waals surface area (Å²) in [7, 11) is 3.70. The first-order valence-corrected chi connectivity index (χ1v) is 12.2. The smallest absolute Gasteiger partial charge is 0.276 e. The van der Waals surface area contributed by atoms with Gasteiger partial charge in [-0.15, -0.1) is 0 Å². The Bertz CT molecular complexity index is 1510. The van der Waals surface area contributed by atoms with Crippen molar-refractivity contribution >= 4 is 22.7 Å². The summed E-state index contributed by atoms with van der Waals surface area (Å²) in [6, 6.07) is 20.3. The molecule has 0 bridgehead atoms. The highest BCUT2D eigenvalue weighted by Gasteiger charge is 2.20. The van der Waals surface area contributed by atoms with Crippen LogP contribution in [-0.4, -0.2) is 33.5 Å². The fourth-order valence-electron chi connectivity index (χ4n) is 4.94. The van der Waals surface area contributed by atoms with Gasteiger partial charge in [0.25, 0.3) is 11.2 Å². The van der Waals surface area contributed by atoms with Crippen LogP contribution >= 0.6 is 0 Å². The molecule has 182 valence electrons. The quantitative estimate of drug-likeness (QED) is 0.244. The van der Waals surface area contributed by atoms with Gasteiger partial charge in [-0.3, -0.25) is 19.5 Å². The maximum atomic E-state index is 13.7. The predicted molar refractivity (Wildman–Crippen MR) is 143 cm³/mol. The van der Waals surface area contributed by atoms with Crippen LogP contribution in [0.15, 0.2) is 77.7 Å². The molecule has 0 unspecified atom stereocenters. The zero-order chi connectivity index (χ0) is 25.2. The molecule has 0 saturated heterocycles. The summed E-state index contributed by atoms with van der Waals surface area (Å²) < 4.78 is 1.61. The number of nitro groups is 1. The first-order valence-electron chi connectivity index (χ1n) is 12.2. The Hall–Kier alpha value is -4.26. The van der Waals surface area contributed by atoms with Gasteiger partial charge in [-0.1, -0.05) is 37.1 Å². The summed E-state index contributed by atoms with van der Waals surface area (Å²) in [6.07, 6.45) is 8.38.